The molecule has 0 fully saturated rings. The number of benzene rings is 1. The molecule has 142 valence electrons. The first-order valence-electron chi connectivity index (χ1n) is 8.52. The third-order valence-corrected chi connectivity index (χ3v) is 4.23. The van der Waals surface area contributed by atoms with E-state index in [4.69, 9.17) is 0 Å². The van der Waals surface area contributed by atoms with Gasteiger partial charge >= 0.3 is 0 Å². The number of aromatic hydroxyl groups is 1. The van der Waals surface area contributed by atoms with E-state index in [1.807, 2.05) is 0 Å². The number of likely N-dealkylation sites (N-methyl/N-ethyl adjacent to an activating group) is 2. The van der Waals surface area contributed by atoms with Crippen molar-refractivity contribution in [2.75, 3.05) is 34.2 Å². The van der Waals surface area contributed by atoms with Crippen LogP contribution in [0, 0.1) is 7.43 Å². The summed E-state index contributed by atoms with van der Waals surface area (Å²) in [6.07, 6.45) is 0. The summed E-state index contributed by atoms with van der Waals surface area (Å²) in [5, 5.41) is 10.8. The topological polar surface area (TPSA) is 26.7 Å². The number of phenols is 1. The number of hydrogen-bond donors (Lipinski definition) is 1. The molecule has 1 aromatic carbocycles. The van der Waals surface area contributed by atoms with E-state index >= 15 is 0 Å². The molecule has 1 rings (SSSR count). The van der Waals surface area contributed by atoms with Crippen molar-refractivity contribution in [3.8, 4) is 5.75 Å². The van der Waals surface area contributed by atoms with Crippen LogP contribution in [-0.4, -0.2) is 49.1 Å². The molecule has 0 atom stereocenters. The molecule has 0 saturated heterocycles. The largest absolute Gasteiger partial charge is 0.507 e. The Morgan fingerprint density at radius 2 is 1.40 bits per heavy atom. The predicted octanol–water partition coefficient (Wildman–Crippen LogP) is 4.43. The van der Waals surface area contributed by atoms with Crippen LogP contribution in [0.1, 0.15) is 58.2 Å². The van der Waals surface area contributed by atoms with Gasteiger partial charge in [-0.3, -0.25) is 0 Å². The van der Waals surface area contributed by atoms with Crippen molar-refractivity contribution in [1.82, 2.24) is 9.80 Å². The van der Waals surface area contributed by atoms with Crippen molar-refractivity contribution in [3.63, 3.8) is 0 Å². The van der Waals surface area contributed by atoms with Gasteiger partial charge in [-0.25, -0.2) is 0 Å². The van der Waals surface area contributed by atoms with E-state index in [-0.39, 0.29) is 37.7 Å². The molecule has 0 aromatic heterocycles. The molecule has 0 radical (unpaired) electrons. The van der Waals surface area contributed by atoms with Crippen LogP contribution in [0.2, 0.25) is 0 Å². The zero-order chi connectivity index (χ0) is 18.0. The van der Waals surface area contributed by atoms with E-state index in [0.29, 0.717) is 5.75 Å². The van der Waals surface area contributed by atoms with Gasteiger partial charge in [0.25, 0.3) is 0 Å². The van der Waals surface area contributed by atoms with Crippen LogP contribution in [0.25, 0.3) is 0 Å². The molecule has 0 aliphatic rings. The van der Waals surface area contributed by atoms with Gasteiger partial charge in [0.2, 0.25) is 0 Å². The second-order valence-electron chi connectivity index (χ2n) is 9.07. The predicted molar refractivity (Wildman–Crippen MR) is 107 cm³/mol. The Kier molecular flexibility index (Phi) is 10.8. The minimum Gasteiger partial charge on any atom is -0.507 e. The fourth-order valence-electron chi connectivity index (χ4n) is 2.56. The van der Waals surface area contributed by atoms with E-state index in [1.165, 1.54) is 5.56 Å². The monoisotopic (exact) mass is 399 g/mol. The number of nitrogens with zero attached hydrogens (tertiary/aromatic N) is 2. The Morgan fingerprint density at radius 3 is 1.80 bits per heavy atom. The normalized spacial score (nSPS) is 12.1. The molecule has 0 aliphatic heterocycles. The summed E-state index contributed by atoms with van der Waals surface area (Å²) in [5.74, 6) is 0.460. The van der Waals surface area contributed by atoms with Crippen molar-refractivity contribution in [2.45, 2.75) is 58.9 Å². The molecule has 1 N–H and O–H groups in total. The second-order valence-corrected chi connectivity index (χ2v) is 9.07. The van der Waals surface area contributed by atoms with Gasteiger partial charge < -0.3 is 22.3 Å². The molecule has 0 saturated carbocycles. The standard InChI is InChI=1S/C20H36N2O.CH3.Zn/c1-19(2,3)16-12-15(14-22(9)11-10-21(7)8)18(23)17(13-16)20(4,5)6;;/h12-13,23H,10-11,14H2,1-9H3;1H3;/q;-1;. The van der Waals surface area contributed by atoms with E-state index in [9.17, 15) is 5.11 Å². The molecular weight excluding hydrogens is 362 g/mol. The SMILES string of the molecule is CN(C)CCN(C)Cc1cc(C(C)(C)C)cc(C(C)(C)C)c1O.[CH3-].[Zn]. The molecule has 0 aliphatic carbocycles. The molecule has 0 amide bonds. The number of hydrogen-bond acceptors (Lipinski definition) is 3. The van der Waals surface area contributed by atoms with Crippen LogP contribution in [0.15, 0.2) is 12.1 Å². The van der Waals surface area contributed by atoms with Gasteiger partial charge in [0.15, 0.2) is 0 Å². The summed E-state index contributed by atoms with van der Waals surface area (Å²) in [7, 11) is 6.29. The average Bonchev–Trinajstić information content (AvgIpc) is 2.36. The summed E-state index contributed by atoms with van der Waals surface area (Å²) in [6, 6.07) is 4.36. The Labute approximate surface area is 169 Å². The van der Waals surface area contributed by atoms with Crippen LogP contribution in [-0.2, 0) is 36.9 Å². The molecule has 0 heterocycles. The summed E-state index contributed by atoms with van der Waals surface area (Å²) in [5.41, 5.74) is 3.37. The van der Waals surface area contributed by atoms with E-state index in [0.717, 1.165) is 30.8 Å². The minimum atomic E-state index is -0.0672. The first-order chi connectivity index (χ1) is 10.3. The van der Waals surface area contributed by atoms with Crippen LogP contribution >= 0.6 is 0 Å². The van der Waals surface area contributed by atoms with Gasteiger partial charge in [-0.2, -0.15) is 0 Å². The van der Waals surface area contributed by atoms with Crippen molar-refractivity contribution in [3.05, 3.63) is 36.2 Å². The first kappa shape index (κ1) is 26.8. The molecule has 0 spiro atoms. The van der Waals surface area contributed by atoms with Crippen molar-refractivity contribution in [1.29, 1.82) is 0 Å². The summed E-state index contributed by atoms with van der Waals surface area (Å²) in [4.78, 5) is 4.45. The van der Waals surface area contributed by atoms with E-state index in [2.05, 4.69) is 84.6 Å². The average molecular weight is 401 g/mol. The minimum absolute atomic E-state index is 0. The molecule has 4 heteroatoms. The van der Waals surface area contributed by atoms with Crippen molar-refractivity contribution >= 4 is 0 Å². The quantitative estimate of drug-likeness (QED) is 0.585. The van der Waals surface area contributed by atoms with Gasteiger partial charge in [0, 0.05) is 44.7 Å². The molecule has 1 aromatic rings. The summed E-state index contributed by atoms with van der Waals surface area (Å²) < 4.78 is 0. The summed E-state index contributed by atoms with van der Waals surface area (Å²) in [6.45, 7) is 15.9. The first-order valence-corrected chi connectivity index (χ1v) is 8.52. The van der Waals surface area contributed by atoms with Crippen LogP contribution in [0.3, 0.4) is 0 Å². The Balaban J connectivity index is 0. The fourth-order valence-corrected chi connectivity index (χ4v) is 2.56. The van der Waals surface area contributed by atoms with Crippen molar-refractivity contribution < 1.29 is 24.6 Å². The zero-order valence-corrected chi connectivity index (χ0v) is 21.3. The summed E-state index contributed by atoms with van der Waals surface area (Å²) >= 11 is 0. The second kappa shape index (κ2) is 10.0. The molecule has 0 bridgehead atoms. The van der Waals surface area contributed by atoms with Crippen molar-refractivity contribution in [2.24, 2.45) is 0 Å². The number of rotatable bonds is 5. The van der Waals surface area contributed by atoms with Gasteiger partial charge in [-0.1, -0.05) is 53.7 Å². The van der Waals surface area contributed by atoms with Gasteiger partial charge in [-0.05, 0) is 43.1 Å². The van der Waals surface area contributed by atoms with Crippen LogP contribution in [0.5, 0.6) is 5.75 Å². The fraction of sp³-hybridized carbons (Fsp3) is 0.667. The Bertz CT molecular complexity index is 528. The number of phenolic OH excluding ortho intramolecular Hbond substituents is 1. The van der Waals surface area contributed by atoms with Gasteiger partial charge in [0.05, 0.1) is 0 Å². The molecule has 25 heavy (non-hydrogen) atoms. The zero-order valence-electron chi connectivity index (χ0n) is 18.3. The smallest absolute Gasteiger partial charge is 0.123 e. The van der Waals surface area contributed by atoms with Crippen LogP contribution in [0.4, 0.5) is 0 Å². The third-order valence-electron chi connectivity index (χ3n) is 4.23. The molecular formula is C21H39N2OZn-. The maximum atomic E-state index is 10.8. The maximum absolute atomic E-state index is 10.8. The van der Waals surface area contributed by atoms with E-state index < -0.39 is 0 Å². The third kappa shape index (κ3) is 8.20. The Hall–Kier alpha value is -0.437. The van der Waals surface area contributed by atoms with Gasteiger partial charge in [-0.15, -0.1) is 0 Å². The Morgan fingerprint density at radius 1 is 0.880 bits per heavy atom. The maximum Gasteiger partial charge on any atom is 0.123 e. The van der Waals surface area contributed by atoms with Crippen LogP contribution < -0.4 is 0 Å². The molecule has 0 unspecified atom stereocenters. The van der Waals surface area contributed by atoms with E-state index in [1.54, 1.807) is 0 Å². The molecule has 3 nitrogen and oxygen atoms in total. The van der Waals surface area contributed by atoms with Gasteiger partial charge in [0.1, 0.15) is 5.75 Å².